The Labute approximate surface area is 162 Å². The Bertz CT molecular complexity index is 1130. The molecular formula is C21H22N6O. The Morgan fingerprint density at radius 1 is 1.25 bits per heavy atom. The van der Waals surface area contributed by atoms with Crippen LogP contribution in [0.3, 0.4) is 0 Å². The van der Waals surface area contributed by atoms with Gasteiger partial charge in [0.1, 0.15) is 5.65 Å². The molecule has 1 saturated carbocycles. The van der Waals surface area contributed by atoms with Crippen molar-refractivity contribution in [3.05, 3.63) is 47.1 Å². The minimum absolute atomic E-state index is 0.239. The highest BCUT2D eigenvalue weighted by Crippen LogP contribution is 2.39. The Hall–Kier alpha value is -3.22. The normalized spacial score (nSPS) is 19.1. The molecule has 1 aliphatic carbocycles. The van der Waals surface area contributed by atoms with Crippen LogP contribution in [-0.2, 0) is 0 Å². The van der Waals surface area contributed by atoms with Crippen molar-refractivity contribution in [1.29, 1.82) is 0 Å². The second-order valence-electron chi connectivity index (χ2n) is 7.72. The van der Waals surface area contributed by atoms with E-state index in [1.807, 2.05) is 26.1 Å². The van der Waals surface area contributed by atoms with Crippen LogP contribution in [0.25, 0.3) is 16.6 Å². The minimum atomic E-state index is -0.239. The molecule has 2 aliphatic rings. The lowest BCUT2D eigenvalue weighted by atomic mass is 9.98. The van der Waals surface area contributed by atoms with Crippen LogP contribution in [0.5, 0.6) is 0 Å². The highest BCUT2D eigenvalue weighted by atomic mass is 16.1. The Balaban J connectivity index is 1.38. The molecule has 0 radical (unpaired) electrons. The average molecular weight is 374 g/mol. The number of aromatic nitrogens is 4. The third kappa shape index (κ3) is 3.02. The molecule has 142 valence electrons. The second-order valence-corrected chi connectivity index (χ2v) is 7.72. The number of allylic oxidation sites excluding steroid dienone is 1. The molecule has 28 heavy (non-hydrogen) atoms. The number of hydrogen-bond acceptors (Lipinski definition) is 4. The average Bonchev–Trinajstić information content (AvgIpc) is 3.38. The zero-order valence-corrected chi connectivity index (χ0v) is 15.9. The van der Waals surface area contributed by atoms with E-state index in [2.05, 4.69) is 42.6 Å². The molecule has 0 bridgehead atoms. The maximum Gasteiger partial charge on any atom is 0.276 e. The number of rotatable bonds is 4. The van der Waals surface area contributed by atoms with Gasteiger partial charge in [0.25, 0.3) is 5.91 Å². The summed E-state index contributed by atoms with van der Waals surface area (Å²) in [5.74, 6) is 0.510. The maximum atomic E-state index is 12.5. The summed E-state index contributed by atoms with van der Waals surface area (Å²) in [6, 6.07) is 4.44. The Morgan fingerprint density at radius 2 is 2.11 bits per heavy atom. The topological polar surface area (TPSA) is 98.8 Å². The number of fused-ring (bicyclic) bond motifs is 1. The van der Waals surface area contributed by atoms with E-state index in [1.54, 1.807) is 6.20 Å². The Morgan fingerprint density at radius 3 is 2.86 bits per heavy atom. The highest BCUT2D eigenvalue weighted by Gasteiger charge is 2.32. The molecule has 1 aliphatic heterocycles. The molecule has 1 fully saturated rings. The van der Waals surface area contributed by atoms with Crippen LogP contribution < -0.4 is 5.32 Å². The number of pyridine rings is 1. The van der Waals surface area contributed by atoms with Gasteiger partial charge in [-0.1, -0.05) is 0 Å². The summed E-state index contributed by atoms with van der Waals surface area (Å²) in [6.07, 6.45) is 9.23. The van der Waals surface area contributed by atoms with Gasteiger partial charge in [0, 0.05) is 28.6 Å². The first-order valence-corrected chi connectivity index (χ1v) is 9.63. The molecule has 1 atom stereocenters. The number of nitrogens with one attached hydrogen (secondary N) is 3. The van der Waals surface area contributed by atoms with E-state index >= 15 is 0 Å². The summed E-state index contributed by atoms with van der Waals surface area (Å²) in [5.41, 5.74) is 5.95. The van der Waals surface area contributed by atoms with Gasteiger partial charge in [-0.25, -0.2) is 4.98 Å². The van der Waals surface area contributed by atoms with Crippen molar-refractivity contribution in [2.45, 2.75) is 39.2 Å². The van der Waals surface area contributed by atoms with E-state index in [4.69, 9.17) is 0 Å². The quantitative estimate of drug-likeness (QED) is 0.648. The number of nitrogens with zero attached hydrogens (tertiary/aromatic N) is 3. The van der Waals surface area contributed by atoms with Crippen LogP contribution in [0, 0.1) is 19.8 Å². The molecule has 0 saturated heterocycles. The van der Waals surface area contributed by atoms with E-state index in [9.17, 15) is 4.79 Å². The van der Waals surface area contributed by atoms with Crippen molar-refractivity contribution < 1.29 is 4.79 Å². The third-order valence-corrected chi connectivity index (χ3v) is 5.69. The van der Waals surface area contributed by atoms with Crippen molar-refractivity contribution in [3.8, 4) is 0 Å². The van der Waals surface area contributed by atoms with Crippen LogP contribution in [0.15, 0.2) is 29.4 Å². The van der Waals surface area contributed by atoms with Gasteiger partial charge in [-0.05, 0) is 62.8 Å². The number of carbonyl (C=O) groups is 1. The number of dihydropyridines is 1. The van der Waals surface area contributed by atoms with Gasteiger partial charge in [-0.3, -0.25) is 14.9 Å². The predicted molar refractivity (Wildman–Crippen MR) is 110 cm³/mol. The first-order chi connectivity index (χ1) is 13.6. The van der Waals surface area contributed by atoms with Crippen LogP contribution in [0.2, 0.25) is 0 Å². The molecule has 7 nitrogen and oxygen atoms in total. The molecule has 5 rings (SSSR count). The molecule has 0 aromatic carbocycles. The number of H-pyrrole nitrogens is 2. The van der Waals surface area contributed by atoms with Crippen molar-refractivity contribution in [2.24, 2.45) is 10.9 Å². The summed E-state index contributed by atoms with van der Waals surface area (Å²) >= 11 is 0. The van der Waals surface area contributed by atoms with Crippen LogP contribution in [0.4, 0.5) is 5.69 Å². The number of anilines is 1. The summed E-state index contributed by atoms with van der Waals surface area (Å²) in [4.78, 5) is 25.0. The van der Waals surface area contributed by atoms with Crippen molar-refractivity contribution >= 4 is 34.4 Å². The fraction of sp³-hybridized carbons (Fsp3) is 0.333. The zero-order chi connectivity index (χ0) is 19.3. The lowest BCUT2D eigenvalue weighted by Crippen LogP contribution is -2.13. The molecule has 0 spiro atoms. The number of amides is 1. The summed E-state index contributed by atoms with van der Waals surface area (Å²) in [7, 11) is 0. The lowest BCUT2D eigenvalue weighted by Gasteiger charge is -2.16. The standard InChI is InChI=1S/C21H22N6O/c1-11-12(2)26-27-19(11)21(28)24-16-7-15-9-18(25-20(15)23-10-16)14-5-6-22-17(8-14)13-3-4-13/h5-7,9-10,13,17H,3-4,8H2,1-2H3,(H,23,25)(H,24,28)(H,26,27). The van der Waals surface area contributed by atoms with Crippen molar-refractivity contribution in [1.82, 2.24) is 20.2 Å². The molecule has 3 N–H and O–H groups in total. The zero-order valence-electron chi connectivity index (χ0n) is 15.9. The fourth-order valence-electron chi connectivity index (χ4n) is 3.71. The molecule has 3 aromatic heterocycles. The second kappa shape index (κ2) is 6.44. The number of hydrogen-bond donors (Lipinski definition) is 3. The van der Waals surface area contributed by atoms with E-state index in [1.165, 1.54) is 18.4 Å². The SMILES string of the molecule is Cc1[nH]nc(C(=O)Nc2cnc3[nH]c(C4=CC=NC(C5CC5)C4)cc3c2)c1C. The molecular weight excluding hydrogens is 352 g/mol. The molecule has 7 heteroatoms. The summed E-state index contributed by atoms with van der Waals surface area (Å²) < 4.78 is 0. The largest absolute Gasteiger partial charge is 0.339 e. The molecule has 1 amide bonds. The van der Waals surface area contributed by atoms with Gasteiger partial charge in [-0.15, -0.1) is 0 Å². The van der Waals surface area contributed by atoms with Crippen molar-refractivity contribution in [3.63, 3.8) is 0 Å². The number of aromatic amines is 2. The summed E-state index contributed by atoms with van der Waals surface area (Å²) in [5, 5.41) is 10.8. The Kier molecular flexibility index (Phi) is 3.89. The first-order valence-electron chi connectivity index (χ1n) is 9.63. The number of aryl methyl sites for hydroxylation is 1. The van der Waals surface area contributed by atoms with E-state index in [-0.39, 0.29) is 5.91 Å². The van der Waals surface area contributed by atoms with Gasteiger partial charge in [0.05, 0.1) is 17.9 Å². The lowest BCUT2D eigenvalue weighted by molar-refractivity contribution is 0.102. The van der Waals surface area contributed by atoms with Gasteiger partial charge >= 0.3 is 0 Å². The van der Waals surface area contributed by atoms with Gasteiger partial charge in [0.15, 0.2) is 5.69 Å². The van der Waals surface area contributed by atoms with Gasteiger partial charge < -0.3 is 10.3 Å². The van der Waals surface area contributed by atoms with Crippen LogP contribution in [-0.4, -0.2) is 38.3 Å². The highest BCUT2D eigenvalue weighted by molar-refractivity contribution is 6.04. The summed E-state index contributed by atoms with van der Waals surface area (Å²) in [6.45, 7) is 3.77. The predicted octanol–water partition coefficient (Wildman–Crippen LogP) is 3.79. The fourth-order valence-corrected chi connectivity index (χ4v) is 3.71. The number of aliphatic imine (C=N–C) groups is 1. The van der Waals surface area contributed by atoms with Crippen molar-refractivity contribution in [2.75, 3.05) is 5.32 Å². The smallest absolute Gasteiger partial charge is 0.276 e. The van der Waals surface area contributed by atoms with Gasteiger partial charge in [0.2, 0.25) is 0 Å². The van der Waals surface area contributed by atoms with E-state index in [0.29, 0.717) is 17.4 Å². The number of carbonyl (C=O) groups excluding carboxylic acids is 1. The molecule has 3 aromatic rings. The van der Waals surface area contributed by atoms with Crippen LogP contribution in [0.1, 0.15) is 46.7 Å². The van der Waals surface area contributed by atoms with E-state index < -0.39 is 0 Å². The van der Waals surface area contributed by atoms with Gasteiger partial charge in [-0.2, -0.15) is 5.10 Å². The molecule has 1 unspecified atom stereocenters. The van der Waals surface area contributed by atoms with Crippen LogP contribution >= 0.6 is 0 Å². The maximum absolute atomic E-state index is 12.5. The van der Waals surface area contributed by atoms with E-state index in [0.717, 1.165) is 40.3 Å². The monoisotopic (exact) mass is 374 g/mol. The minimum Gasteiger partial charge on any atom is -0.339 e. The first kappa shape index (κ1) is 16.9. The molecule has 4 heterocycles. The third-order valence-electron chi connectivity index (χ3n) is 5.69.